The van der Waals surface area contributed by atoms with Crippen LogP contribution in [0.15, 0.2) is 42.7 Å². The molecular formula is C19H20N6O. The maximum Gasteiger partial charge on any atom is 0.242 e. The average molecular weight is 348 g/mol. The number of pyridine rings is 1. The van der Waals surface area contributed by atoms with Crippen molar-refractivity contribution in [2.75, 3.05) is 12.4 Å². The van der Waals surface area contributed by atoms with Crippen LogP contribution in [0.2, 0.25) is 0 Å². The molecule has 0 radical (unpaired) electrons. The summed E-state index contributed by atoms with van der Waals surface area (Å²) in [5.41, 5.74) is 6.05. The summed E-state index contributed by atoms with van der Waals surface area (Å²) in [4.78, 5) is 4.56. The molecule has 4 rings (SSSR count). The summed E-state index contributed by atoms with van der Waals surface area (Å²) in [7, 11) is 1.81. The largest absolute Gasteiger partial charge is 0.487 e. The van der Waals surface area contributed by atoms with E-state index in [4.69, 9.17) is 4.74 Å². The predicted molar refractivity (Wildman–Crippen MR) is 100 cm³/mol. The lowest BCUT2D eigenvalue weighted by molar-refractivity contribution is 0.297. The Morgan fingerprint density at radius 3 is 2.69 bits per heavy atom. The molecule has 0 saturated heterocycles. The van der Waals surface area contributed by atoms with E-state index in [0.717, 1.165) is 39.3 Å². The second-order valence-corrected chi connectivity index (χ2v) is 6.19. The lowest BCUT2D eigenvalue weighted by Gasteiger charge is -2.14. The van der Waals surface area contributed by atoms with Crippen LogP contribution in [0.4, 0.5) is 5.95 Å². The van der Waals surface area contributed by atoms with Crippen molar-refractivity contribution in [1.29, 1.82) is 0 Å². The zero-order valence-electron chi connectivity index (χ0n) is 14.9. The number of fused-ring (bicyclic) bond motifs is 1. The Hall–Kier alpha value is -3.35. The number of H-pyrrole nitrogens is 1. The van der Waals surface area contributed by atoms with Crippen LogP contribution in [0.25, 0.3) is 16.8 Å². The summed E-state index contributed by atoms with van der Waals surface area (Å²) in [6.45, 7) is 4.58. The lowest BCUT2D eigenvalue weighted by Crippen LogP contribution is -2.00. The van der Waals surface area contributed by atoms with Gasteiger partial charge in [0, 0.05) is 25.0 Å². The number of hydrogen-bond donors (Lipinski definition) is 2. The van der Waals surface area contributed by atoms with Crippen LogP contribution >= 0.6 is 0 Å². The van der Waals surface area contributed by atoms with Crippen LogP contribution in [0, 0.1) is 13.8 Å². The van der Waals surface area contributed by atoms with Gasteiger partial charge in [-0.2, -0.15) is 10.1 Å². The Labute approximate surface area is 151 Å². The van der Waals surface area contributed by atoms with Gasteiger partial charge in [0.2, 0.25) is 5.95 Å². The number of benzene rings is 1. The van der Waals surface area contributed by atoms with E-state index in [1.165, 1.54) is 0 Å². The molecule has 0 aliphatic rings. The van der Waals surface area contributed by atoms with Gasteiger partial charge in [-0.25, -0.2) is 4.52 Å². The third kappa shape index (κ3) is 2.88. The fourth-order valence-corrected chi connectivity index (χ4v) is 3.09. The van der Waals surface area contributed by atoms with Crippen molar-refractivity contribution >= 4 is 11.6 Å². The van der Waals surface area contributed by atoms with Gasteiger partial charge in [-0.1, -0.05) is 0 Å². The third-order valence-corrected chi connectivity index (χ3v) is 4.29. The number of ether oxygens (including phenoxy) is 1. The first-order valence-electron chi connectivity index (χ1n) is 8.41. The van der Waals surface area contributed by atoms with Gasteiger partial charge in [0.15, 0.2) is 5.65 Å². The van der Waals surface area contributed by atoms with Gasteiger partial charge in [0.05, 0.1) is 5.69 Å². The summed E-state index contributed by atoms with van der Waals surface area (Å²) >= 11 is 0. The smallest absolute Gasteiger partial charge is 0.242 e. The van der Waals surface area contributed by atoms with E-state index in [2.05, 4.69) is 57.6 Å². The molecule has 0 aliphatic heterocycles. The van der Waals surface area contributed by atoms with E-state index in [1.807, 2.05) is 25.4 Å². The van der Waals surface area contributed by atoms with Crippen molar-refractivity contribution in [2.24, 2.45) is 0 Å². The van der Waals surface area contributed by atoms with E-state index in [-0.39, 0.29) is 0 Å². The van der Waals surface area contributed by atoms with E-state index < -0.39 is 0 Å². The highest BCUT2D eigenvalue weighted by Crippen LogP contribution is 2.32. The molecule has 0 fully saturated rings. The summed E-state index contributed by atoms with van der Waals surface area (Å²) in [5, 5.41) is 14.2. The zero-order valence-corrected chi connectivity index (χ0v) is 14.9. The lowest BCUT2D eigenvalue weighted by atomic mass is 10.0. The number of anilines is 1. The monoisotopic (exact) mass is 348 g/mol. The molecule has 0 atom stereocenters. The topological polar surface area (TPSA) is 80.1 Å². The maximum atomic E-state index is 6.00. The number of rotatable bonds is 5. The molecule has 0 unspecified atom stereocenters. The van der Waals surface area contributed by atoms with Gasteiger partial charge in [-0.15, -0.1) is 5.10 Å². The van der Waals surface area contributed by atoms with E-state index in [1.54, 1.807) is 10.7 Å². The van der Waals surface area contributed by atoms with Crippen molar-refractivity contribution in [3.63, 3.8) is 0 Å². The Bertz CT molecular complexity index is 1030. The summed E-state index contributed by atoms with van der Waals surface area (Å²) in [6.07, 6.45) is 3.62. The second kappa shape index (κ2) is 6.51. The van der Waals surface area contributed by atoms with Gasteiger partial charge in [-0.3, -0.25) is 5.10 Å². The van der Waals surface area contributed by atoms with Crippen molar-refractivity contribution in [3.8, 4) is 16.9 Å². The third-order valence-electron chi connectivity index (χ3n) is 4.29. The minimum atomic E-state index is 0.465. The molecule has 0 spiro atoms. The standard InChI is InChI=1S/C19H20N6O/c1-12-9-14(10-13(2)17(12)26-11-15-6-7-21-23-15)16-5-4-8-25-18(16)22-19(20-3)24-25/h4-10H,11H2,1-3H3,(H,20,24)(H,21,23). The molecule has 0 saturated carbocycles. The molecular weight excluding hydrogens is 328 g/mol. The molecule has 7 nitrogen and oxygen atoms in total. The molecule has 2 N–H and O–H groups in total. The Balaban J connectivity index is 1.71. The quantitative estimate of drug-likeness (QED) is 0.578. The molecule has 0 aliphatic carbocycles. The van der Waals surface area contributed by atoms with Gasteiger partial charge in [-0.05, 0) is 60.9 Å². The van der Waals surface area contributed by atoms with Gasteiger partial charge in [0.25, 0.3) is 0 Å². The highest BCUT2D eigenvalue weighted by atomic mass is 16.5. The van der Waals surface area contributed by atoms with Crippen LogP contribution in [0.1, 0.15) is 16.8 Å². The molecule has 0 bridgehead atoms. The summed E-state index contributed by atoms with van der Waals surface area (Å²) in [6, 6.07) is 10.2. The molecule has 3 heterocycles. The van der Waals surface area contributed by atoms with Crippen molar-refractivity contribution in [3.05, 3.63) is 59.5 Å². The highest BCUT2D eigenvalue weighted by Gasteiger charge is 2.13. The van der Waals surface area contributed by atoms with Gasteiger partial charge in [0.1, 0.15) is 12.4 Å². The number of nitrogens with one attached hydrogen (secondary N) is 2. The molecule has 132 valence electrons. The highest BCUT2D eigenvalue weighted by molar-refractivity contribution is 5.79. The van der Waals surface area contributed by atoms with Crippen LogP contribution in [-0.4, -0.2) is 31.8 Å². The summed E-state index contributed by atoms with van der Waals surface area (Å²) in [5.74, 6) is 1.50. The first kappa shape index (κ1) is 16.1. The zero-order chi connectivity index (χ0) is 18.1. The summed E-state index contributed by atoms with van der Waals surface area (Å²) < 4.78 is 7.78. The Kier molecular flexibility index (Phi) is 4.04. The average Bonchev–Trinajstić information content (AvgIpc) is 3.29. The molecule has 26 heavy (non-hydrogen) atoms. The fraction of sp³-hybridized carbons (Fsp3) is 0.211. The van der Waals surface area contributed by atoms with Crippen molar-refractivity contribution < 1.29 is 4.74 Å². The van der Waals surface area contributed by atoms with E-state index in [0.29, 0.717) is 12.6 Å². The first-order valence-corrected chi connectivity index (χ1v) is 8.41. The number of hydrogen-bond acceptors (Lipinski definition) is 5. The second-order valence-electron chi connectivity index (χ2n) is 6.19. The van der Waals surface area contributed by atoms with E-state index in [9.17, 15) is 0 Å². The molecule has 7 heteroatoms. The molecule has 1 aromatic carbocycles. The predicted octanol–water partition coefficient (Wildman–Crippen LogP) is 3.36. The van der Waals surface area contributed by atoms with E-state index >= 15 is 0 Å². The number of aromatic amines is 1. The normalized spacial score (nSPS) is 11.0. The number of aryl methyl sites for hydroxylation is 2. The SMILES string of the molecule is CNc1nc2c(-c3cc(C)c(OCc4ccn[nH]4)c(C)c3)cccn2n1. The number of nitrogens with zero attached hydrogens (tertiary/aromatic N) is 4. The Morgan fingerprint density at radius 2 is 2.00 bits per heavy atom. The van der Waals surface area contributed by atoms with Crippen LogP contribution in [-0.2, 0) is 6.61 Å². The first-order chi connectivity index (χ1) is 12.7. The fourth-order valence-electron chi connectivity index (χ4n) is 3.09. The van der Waals surface area contributed by atoms with Crippen molar-refractivity contribution in [1.82, 2.24) is 24.8 Å². The minimum absolute atomic E-state index is 0.465. The molecule has 4 aromatic rings. The van der Waals surface area contributed by atoms with Gasteiger partial charge < -0.3 is 10.1 Å². The van der Waals surface area contributed by atoms with Gasteiger partial charge >= 0.3 is 0 Å². The maximum absolute atomic E-state index is 6.00. The van der Waals surface area contributed by atoms with Crippen LogP contribution in [0.5, 0.6) is 5.75 Å². The van der Waals surface area contributed by atoms with Crippen LogP contribution in [0.3, 0.4) is 0 Å². The number of aromatic nitrogens is 5. The molecule has 3 aromatic heterocycles. The van der Waals surface area contributed by atoms with Crippen molar-refractivity contribution in [2.45, 2.75) is 20.5 Å². The molecule has 0 amide bonds. The Morgan fingerprint density at radius 1 is 1.19 bits per heavy atom. The van der Waals surface area contributed by atoms with Crippen LogP contribution < -0.4 is 10.1 Å². The minimum Gasteiger partial charge on any atom is -0.487 e.